The molecule has 27 heavy (non-hydrogen) atoms. The summed E-state index contributed by atoms with van der Waals surface area (Å²) in [6.07, 6.45) is 0. The van der Waals surface area contributed by atoms with Crippen LogP contribution in [0.15, 0.2) is 24.3 Å². The third-order valence-electron chi connectivity index (χ3n) is 4.73. The van der Waals surface area contributed by atoms with E-state index in [2.05, 4.69) is 5.10 Å². The summed E-state index contributed by atoms with van der Waals surface area (Å²) in [5, 5.41) is 13.2. The maximum absolute atomic E-state index is 13.2. The molecule has 1 aromatic heterocycles. The number of aryl methyl sites for hydroxylation is 2. The molecule has 1 unspecified atom stereocenters. The smallest absolute Gasteiger partial charge is 0.341 e. The lowest BCUT2D eigenvalue weighted by atomic mass is 10.0. The number of carboxylic acids is 1. The van der Waals surface area contributed by atoms with Crippen molar-refractivity contribution in [1.29, 1.82) is 0 Å². The van der Waals surface area contributed by atoms with Crippen LogP contribution in [0.5, 0.6) is 5.75 Å². The fraction of sp³-hybridized carbons (Fsp3) is 0.421. The van der Waals surface area contributed by atoms with E-state index in [9.17, 15) is 9.59 Å². The fourth-order valence-electron chi connectivity index (χ4n) is 3.39. The highest BCUT2D eigenvalue weighted by Gasteiger charge is 2.33. The van der Waals surface area contributed by atoms with Crippen molar-refractivity contribution < 1.29 is 24.2 Å². The number of nitrogens with zero attached hydrogens (tertiary/aromatic N) is 3. The first kappa shape index (κ1) is 18.9. The second-order valence-electron chi connectivity index (χ2n) is 6.51. The van der Waals surface area contributed by atoms with Crippen molar-refractivity contribution >= 4 is 11.9 Å². The second kappa shape index (κ2) is 7.79. The number of aliphatic carboxylic acids is 1. The average molecular weight is 373 g/mol. The Labute approximate surface area is 157 Å². The maximum Gasteiger partial charge on any atom is 0.341 e. The van der Waals surface area contributed by atoms with Gasteiger partial charge < -0.3 is 19.5 Å². The molecule has 1 aliphatic heterocycles. The molecule has 0 saturated carbocycles. The van der Waals surface area contributed by atoms with E-state index in [0.717, 1.165) is 17.0 Å². The van der Waals surface area contributed by atoms with Gasteiger partial charge in [-0.05, 0) is 32.0 Å². The summed E-state index contributed by atoms with van der Waals surface area (Å²) < 4.78 is 12.6. The van der Waals surface area contributed by atoms with E-state index in [1.54, 1.807) is 29.2 Å². The monoisotopic (exact) mass is 373 g/mol. The van der Waals surface area contributed by atoms with Crippen molar-refractivity contribution in [3.63, 3.8) is 0 Å². The predicted octanol–water partition coefficient (Wildman–Crippen LogP) is 1.71. The SMILES string of the molecule is Cc1nn(C)c(C)c1C1COCCN1C(=O)c1cccc(OCC(=O)O)c1. The minimum Gasteiger partial charge on any atom is -0.482 e. The third-order valence-corrected chi connectivity index (χ3v) is 4.73. The van der Waals surface area contributed by atoms with E-state index in [-0.39, 0.29) is 11.9 Å². The molecule has 2 aromatic rings. The Morgan fingerprint density at radius 2 is 2.15 bits per heavy atom. The molecule has 3 rings (SSSR count). The highest BCUT2D eigenvalue weighted by Crippen LogP contribution is 2.30. The minimum absolute atomic E-state index is 0.147. The Bertz CT molecular complexity index is 861. The van der Waals surface area contributed by atoms with Crippen molar-refractivity contribution in [2.24, 2.45) is 7.05 Å². The summed E-state index contributed by atoms with van der Waals surface area (Å²) in [4.78, 5) is 25.6. The predicted molar refractivity (Wildman–Crippen MR) is 96.9 cm³/mol. The molecule has 0 aliphatic carbocycles. The Hall–Kier alpha value is -2.87. The topological polar surface area (TPSA) is 93.9 Å². The Balaban J connectivity index is 1.88. The molecule has 0 bridgehead atoms. The molecule has 0 spiro atoms. The average Bonchev–Trinajstić information content (AvgIpc) is 2.91. The molecule has 8 heteroatoms. The van der Waals surface area contributed by atoms with Gasteiger partial charge in [-0.25, -0.2) is 4.79 Å². The number of ether oxygens (including phenoxy) is 2. The van der Waals surface area contributed by atoms with Gasteiger partial charge in [-0.2, -0.15) is 5.10 Å². The lowest BCUT2D eigenvalue weighted by molar-refractivity contribution is -0.139. The summed E-state index contributed by atoms with van der Waals surface area (Å²) in [6, 6.07) is 6.36. The van der Waals surface area contributed by atoms with Crippen molar-refractivity contribution in [2.75, 3.05) is 26.4 Å². The van der Waals surface area contributed by atoms with Crippen LogP contribution in [0.2, 0.25) is 0 Å². The molecule has 144 valence electrons. The number of carboxylic acid groups (broad SMARTS) is 1. The zero-order chi connectivity index (χ0) is 19.6. The largest absolute Gasteiger partial charge is 0.482 e. The highest BCUT2D eigenvalue weighted by atomic mass is 16.5. The van der Waals surface area contributed by atoms with Crippen LogP contribution in [0.3, 0.4) is 0 Å². The Morgan fingerprint density at radius 3 is 2.81 bits per heavy atom. The summed E-state index contributed by atoms with van der Waals surface area (Å²) in [7, 11) is 1.88. The summed E-state index contributed by atoms with van der Waals surface area (Å²) in [5.41, 5.74) is 3.33. The number of carbonyl (C=O) groups is 2. The van der Waals surface area contributed by atoms with E-state index in [4.69, 9.17) is 14.6 Å². The molecular formula is C19H23N3O5. The van der Waals surface area contributed by atoms with E-state index < -0.39 is 12.6 Å². The normalized spacial score (nSPS) is 17.0. The van der Waals surface area contributed by atoms with Crippen LogP contribution in [0.4, 0.5) is 0 Å². The number of carbonyl (C=O) groups excluding carboxylic acids is 1. The van der Waals surface area contributed by atoms with Crippen molar-refractivity contribution in [3.8, 4) is 5.75 Å². The van der Waals surface area contributed by atoms with Crippen LogP contribution >= 0.6 is 0 Å². The first-order valence-electron chi connectivity index (χ1n) is 8.72. The molecule has 1 saturated heterocycles. The molecule has 1 amide bonds. The summed E-state index contributed by atoms with van der Waals surface area (Å²) >= 11 is 0. The standard InChI is InChI=1S/C19H23N3O5/c1-12-18(13(2)21(3)20-12)16-10-26-8-7-22(16)19(25)14-5-4-6-15(9-14)27-11-17(23)24/h4-6,9,16H,7-8,10-11H2,1-3H3,(H,23,24). The van der Waals surface area contributed by atoms with Crippen LogP contribution in [0, 0.1) is 13.8 Å². The molecule has 1 aliphatic rings. The van der Waals surface area contributed by atoms with Gasteiger partial charge in [-0.15, -0.1) is 0 Å². The van der Waals surface area contributed by atoms with E-state index in [1.807, 2.05) is 25.6 Å². The number of benzene rings is 1. The highest BCUT2D eigenvalue weighted by molar-refractivity contribution is 5.95. The van der Waals surface area contributed by atoms with Crippen LogP contribution in [-0.2, 0) is 16.6 Å². The molecule has 1 atom stereocenters. The summed E-state index contributed by atoms with van der Waals surface area (Å²) in [6.45, 7) is 4.81. The van der Waals surface area contributed by atoms with Gasteiger partial charge in [-0.1, -0.05) is 6.07 Å². The molecule has 0 radical (unpaired) electrons. The molecule has 1 N–H and O–H groups in total. The van der Waals surface area contributed by atoms with Gasteiger partial charge in [0.15, 0.2) is 6.61 Å². The quantitative estimate of drug-likeness (QED) is 0.858. The number of hydrogen-bond acceptors (Lipinski definition) is 5. The third kappa shape index (κ3) is 3.95. The molecule has 1 fully saturated rings. The summed E-state index contributed by atoms with van der Waals surface area (Å²) in [5.74, 6) is -0.865. The number of rotatable bonds is 5. The van der Waals surface area contributed by atoms with Crippen LogP contribution in [0.1, 0.15) is 33.4 Å². The second-order valence-corrected chi connectivity index (χ2v) is 6.51. The van der Waals surface area contributed by atoms with Crippen LogP contribution < -0.4 is 4.74 Å². The molecule has 8 nitrogen and oxygen atoms in total. The van der Waals surface area contributed by atoms with Crippen molar-refractivity contribution in [1.82, 2.24) is 14.7 Å². The lowest BCUT2D eigenvalue weighted by Gasteiger charge is -2.36. The minimum atomic E-state index is -1.07. The number of hydrogen-bond donors (Lipinski definition) is 1. The van der Waals surface area contributed by atoms with Gasteiger partial charge >= 0.3 is 5.97 Å². The van der Waals surface area contributed by atoms with Gasteiger partial charge in [0.25, 0.3) is 5.91 Å². The van der Waals surface area contributed by atoms with Gasteiger partial charge in [0, 0.05) is 30.4 Å². The Kier molecular flexibility index (Phi) is 5.46. The molecular weight excluding hydrogens is 350 g/mol. The Morgan fingerprint density at radius 1 is 1.37 bits per heavy atom. The first-order chi connectivity index (χ1) is 12.9. The van der Waals surface area contributed by atoms with E-state index >= 15 is 0 Å². The van der Waals surface area contributed by atoms with Crippen LogP contribution in [-0.4, -0.2) is 58.0 Å². The lowest BCUT2D eigenvalue weighted by Crippen LogP contribution is -2.43. The zero-order valence-electron chi connectivity index (χ0n) is 15.6. The van der Waals surface area contributed by atoms with Gasteiger partial charge in [0.05, 0.1) is 24.9 Å². The molecule has 1 aromatic carbocycles. The fourth-order valence-corrected chi connectivity index (χ4v) is 3.39. The number of aromatic nitrogens is 2. The zero-order valence-corrected chi connectivity index (χ0v) is 15.6. The maximum atomic E-state index is 13.2. The van der Waals surface area contributed by atoms with Crippen molar-refractivity contribution in [3.05, 3.63) is 46.8 Å². The number of morpholine rings is 1. The first-order valence-corrected chi connectivity index (χ1v) is 8.72. The van der Waals surface area contributed by atoms with Crippen LogP contribution in [0.25, 0.3) is 0 Å². The van der Waals surface area contributed by atoms with Gasteiger partial charge in [0.2, 0.25) is 0 Å². The van der Waals surface area contributed by atoms with Gasteiger partial charge in [-0.3, -0.25) is 9.48 Å². The molecule has 2 heterocycles. The van der Waals surface area contributed by atoms with Gasteiger partial charge in [0.1, 0.15) is 5.75 Å². The number of amides is 1. The van der Waals surface area contributed by atoms with E-state index in [0.29, 0.717) is 31.1 Å². The van der Waals surface area contributed by atoms with E-state index in [1.165, 1.54) is 0 Å². The van der Waals surface area contributed by atoms with Crippen molar-refractivity contribution in [2.45, 2.75) is 19.9 Å².